The summed E-state index contributed by atoms with van der Waals surface area (Å²) in [5.41, 5.74) is 0.721. The highest BCUT2D eigenvalue weighted by Crippen LogP contribution is 2.32. The Bertz CT molecular complexity index is 973. The van der Waals surface area contributed by atoms with Gasteiger partial charge in [-0.25, -0.2) is 20.4 Å². The van der Waals surface area contributed by atoms with Crippen molar-refractivity contribution in [2.45, 2.75) is 18.3 Å². The molecule has 2 aromatic rings. The normalized spacial score (nSPS) is 19.2. The number of alkyl halides is 3. The fourth-order valence-corrected chi connectivity index (χ4v) is 3.08. The maximum absolute atomic E-state index is 13.1. The number of carbonyl (C=O) groups is 1. The third kappa shape index (κ3) is 4.18. The van der Waals surface area contributed by atoms with Crippen LogP contribution in [0.15, 0.2) is 43.4 Å². The summed E-state index contributed by atoms with van der Waals surface area (Å²) >= 11 is 0. The molecule has 0 spiro atoms. The molecule has 30 heavy (non-hydrogen) atoms. The summed E-state index contributed by atoms with van der Waals surface area (Å²) in [6.45, 7) is 4.18. The monoisotopic (exact) mass is 418 g/mol. The van der Waals surface area contributed by atoms with Crippen LogP contribution in [0.3, 0.4) is 0 Å². The molecule has 0 unspecified atom stereocenters. The number of carbonyl (C=O) groups excluding carboxylic acids is 1. The molecule has 2 atom stereocenters. The molecule has 1 aliphatic heterocycles. The lowest BCUT2D eigenvalue weighted by molar-refractivity contribution is -0.137. The highest BCUT2D eigenvalue weighted by atomic mass is 19.4. The quantitative estimate of drug-likeness (QED) is 0.339. The Morgan fingerprint density at radius 2 is 2.00 bits per heavy atom. The van der Waals surface area contributed by atoms with Gasteiger partial charge in [-0.3, -0.25) is 10.0 Å². The van der Waals surface area contributed by atoms with Gasteiger partial charge in [0, 0.05) is 25.1 Å². The van der Waals surface area contributed by atoms with Crippen LogP contribution in [0.25, 0.3) is 0 Å². The van der Waals surface area contributed by atoms with E-state index in [1.54, 1.807) is 15.9 Å². The molecule has 1 amide bonds. The van der Waals surface area contributed by atoms with Crippen LogP contribution in [0.5, 0.6) is 0 Å². The molecule has 0 aromatic carbocycles. The second kappa shape index (κ2) is 8.38. The predicted molar refractivity (Wildman–Crippen MR) is 102 cm³/mol. The summed E-state index contributed by atoms with van der Waals surface area (Å²) in [7, 11) is 0. The van der Waals surface area contributed by atoms with Crippen molar-refractivity contribution in [3.8, 4) is 12.3 Å². The van der Waals surface area contributed by atoms with Gasteiger partial charge in [-0.2, -0.15) is 13.2 Å². The van der Waals surface area contributed by atoms with E-state index in [2.05, 4.69) is 27.5 Å². The summed E-state index contributed by atoms with van der Waals surface area (Å²) in [5, 5.41) is 8.68. The number of nitrogens with zero attached hydrogens (tertiary/aromatic N) is 5. The predicted octanol–water partition coefficient (Wildman–Crippen LogP) is 1.89. The molecular weight excluding hydrogens is 401 g/mol. The maximum Gasteiger partial charge on any atom is 0.416 e. The first-order valence-electron chi connectivity index (χ1n) is 8.70. The van der Waals surface area contributed by atoms with E-state index >= 15 is 0 Å². The van der Waals surface area contributed by atoms with E-state index in [4.69, 9.17) is 11.6 Å². The van der Waals surface area contributed by atoms with Gasteiger partial charge < -0.3 is 9.80 Å². The number of nitrogens with one attached hydrogen (secondary N) is 1. The fourth-order valence-electron chi connectivity index (χ4n) is 3.08. The molecule has 0 aliphatic carbocycles. The minimum Gasteiger partial charge on any atom is -0.339 e. The molecule has 0 saturated carbocycles. The second-order valence-corrected chi connectivity index (χ2v) is 6.40. The maximum atomic E-state index is 13.1. The topological polar surface area (TPSA) is 94.5 Å². The van der Waals surface area contributed by atoms with Gasteiger partial charge in [-0.1, -0.05) is 12.0 Å². The minimum atomic E-state index is -4.50. The van der Waals surface area contributed by atoms with E-state index < -0.39 is 23.7 Å². The van der Waals surface area contributed by atoms with Crippen LogP contribution in [0, 0.1) is 12.3 Å². The van der Waals surface area contributed by atoms with Crippen LogP contribution in [-0.4, -0.2) is 51.2 Å². The van der Waals surface area contributed by atoms with Crippen molar-refractivity contribution in [1.29, 1.82) is 0 Å². The summed E-state index contributed by atoms with van der Waals surface area (Å²) in [5.74, 6) is 2.17. The first-order chi connectivity index (χ1) is 14.3. The van der Waals surface area contributed by atoms with Crippen LogP contribution < -0.4 is 15.3 Å². The number of terminal acetylenes is 1. The lowest BCUT2D eigenvalue weighted by Crippen LogP contribution is -2.58. The summed E-state index contributed by atoms with van der Waals surface area (Å²) in [6.07, 6.45) is 6.31. The number of hydrogen-bond donors (Lipinski definition) is 2. The molecule has 1 saturated heterocycles. The van der Waals surface area contributed by atoms with Crippen LogP contribution in [0.4, 0.5) is 24.9 Å². The van der Waals surface area contributed by atoms with E-state index in [-0.39, 0.29) is 36.5 Å². The zero-order chi connectivity index (χ0) is 21.9. The van der Waals surface area contributed by atoms with E-state index in [0.717, 1.165) is 18.3 Å². The summed E-state index contributed by atoms with van der Waals surface area (Å²) in [4.78, 5) is 27.1. The summed E-state index contributed by atoms with van der Waals surface area (Å²) in [6, 6.07) is 0.858. The number of hydrogen-bond acceptors (Lipinski definition) is 7. The Morgan fingerprint density at radius 3 is 2.57 bits per heavy atom. The van der Waals surface area contributed by atoms with Crippen molar-refractivity contribution in [1.82, 2.24) is 20.4 Å². The smallest absolute Gasteiger partial charge is 0.339 e. The standard InChI is InChI=1S/C19H17F3N6O2/c1-3-14-11-28(18-24-8-12(9-25-18)17(29)26-30)15(4-2)10-27(14)16-7-13(5-6-23-16)19(20,21)22/h1,4-9,14-15,30H,2,10-11H2,(H,26,29)/t14-,15-/m1/s1. The van der Waals surface area contributed by atoms with Gasteiger partial charge in [-0.15, -0.1) is 13.0 Å². The Balaban J connectivity index is 1.89. The van der Waals surface area contributed by atoms with Crippen LogP contribution in [0.1, 0.15) is 15.9 Å². The zero-order valence-corrected chi connectivity index (χ0v) is 15.5. The lowest BCUT2D eigenvalue weighted by Gasteiger charge is -2.44. The van der Waals surface area contributed by atoms with Crippen molar-refractivity contribution < 1.29 is 23.2 Å². The van der Waals surface area contributed by atoms with Crippen molar-refractivity contribution in [3.63, 3.8) is 0 Å². The number of pyridine rings is 1. The van der Waals surface area contributed by atoms with Gasteiger partial charge >= 0.3 is 6.18 Å². The Morgan fingerprint density at radius 1 is 1.30 bits per heavy atom. The van der Waals surface area contributed by atoms with Crippen LogP contribution in [0.2, 0.25) is 0 Å². The first kappa shape index (κ1) is 21.1. The van der Waals surface area contributed by atoms with Crippen molar-refractivity contribution in [3.05, 3.63) is 54.5 Å². The zero-order valence-electron chi connectivity index (χ0n) is 15.5. The minimum absolute atomic E-state index is 0.0525. The lowest BCUT2D eigenvalue weighted by atomic mass is 10.1. The fraction of sp³-hybridized carbons (Fsp3) is 0.263. The third-order valence-electron chi connectivity index (χ3n) is 4.62. The van der Waals surface area contributed by atoms with E-state index in [9.17, 15) is 18.0 Å². The molecule has 11 heteroatoms. The van der Waals surface area contributed by atoms with E-state index in [1.807, 2.05) is 0 Å². The van der Waals surface area contributed by atoms with E-state index in [1.165, 1.54) is 17.9 Å². The van der Waals surface area contributed by atoms with Crippen molar-refractivity contribution in [2.75, 3.05) is 22.9 Å². The number of hydroxylamine groups is 1. The molecule has 156 valence electrons. The van der Waals surface area contributed by atoms with Crippen molar-refractivity contribution >= 4 is 17.7 Å². The molecule has 8 nitrogen and oxygen atoms in total. The van der Waals surface area contributed by atoms with Gasteiger partial charge in [0.2, 0.25) is 5.95 Å². The number of aromatic nitrogens is 3. The molecule has 2 aromatic heterocycles. The number of amides is 1. The highest BCUT2D eigenvalue weighted by Gasteiger charge is 2.36. The molecule has 0 radical (unpaired) electrons. The largest absolute Gasteiger partial charge is 0.416 e. The molecule has 1 aliphatic rings. The molecule has 3 heterocycles. The first-order valence-corrected chi connectivity index (χ1v) is 8.70. The van der Waals surface area contributed by atoms with Gasteiger partial charge in [0.1, 0.15) is 11.9 Å². The van der Waals surface area contributed by atoms with Gasteiger partial charge in [0.05, 0.1) is 23.7 Å². The number of anilines is 2. The second-order valence-electron chi connectivity index (χ2n) is 6.40. The average Bonchev–Trinajstić information content (AvgIpc) is 2.77. The molecular formula is C19H17F3N6O2. The SMILES string of the molecule is C#C[C@@H]1CN(c2ncc(C(=O)NO)cn2)[C@H](C=C)CN1c1cc(C(F)(F)F)ccn1. The van der Waals surface area contributed by atoms with Crippen LogP contribution >= 0.6 is 0 Å². The number of halogens is 3. The number of piperazine rings is 1. The third-order valence-corrected chi connectivity index (χ3v) is 4.62. The Labute approximate surface area is 170 Å². The number of rotatable bonds is 4. The molecule has 2 N–H and O–H groups in total. The van der Waals surface area contributed by atoms with Gasteiger partial charge in [-0.05, 0) is 12.1 Å². The average molecular weight is 418 g/mol. The Kier molecular flexibility index (Phi) is 5.89. The molecule has 3 rings (SSSR count). The van der Waals surface area contributed by atoms with Crippen molar-refractivity contribution in [2.24, 2.45) is 0 Å². The molecule has 0 bridgehead atoms. The van der Waals surface area contributed by atoms with Crippen LogP contribution in [-0.2, 0) is 6.18 Å². The summed E-state index contributed by atoms with van der Waals surface area (Å²) < 4.78 is 39.3. The Hall–Kier alpha value is -3.65. The highest BCUT2D eigenvalue weighted by molar-refractivity contribution is 5.92. The molecule has 1 fully saturated rings. The van der Waals surface area contributed by atoms with Gasteiger partial charge in [0.25, 0.3) is 5.91 Å². The van der Waals surface area contributed by atoms with Gasteiger partial charge in [0.15, 0.2) is 0 Å². The van der Waals surface area contributed by atoms with E-state index in [0.29, 0.717) is 0 Å².